The molecule has 0 fully saturated rings. The Morgan fingerprint density at radius 1 is 1.15 bits per heavy atom. The van der Waals surface area contributed by atoms with E-state index >= 15 is 0 Å². The van der Waals surface area contributed by atoms with Crippen molar-refractivity contribution in [3.63, 3.8) is 0 Å². The van der Waals surface area contributed by atoms with Crippen LogP contribution in [0.1, 0.15) is 0 Å². The maximum absolute atomic E-state index is 11.6. The Morgan fingerprint density at radius 3 is 2.10 bits per heavy atom. The van der Waals surface area contributed by atoms with Crippen LogP contribution in [0.15, 0.2) is 25.0 Å². The fraction of sp³-hybridized carbons (Fsp3) is 0.615. The van der Waals surface area contributed by atoms with E-state index in [-0.39, 0.29) is 12.4 Å². The molecular formula is C13H26O5Si2. The van der Waals surface area contributed by atoms with Gasteiger partial charge in [-0.05, 0) is 0 Å². The molecule has 5 nitrogen and oxygen atoms in total. The van der Waals surface area contributed by atoms with Gasteiger partial charge in [-0.15, -0.1) is 0 Å². The van der Waals surface area contributed by atoms with Crippen LogP contribution in [0.2, 0.25) is 31.7 Å². The van der Waals surface area contributed by atoms with Crippen LogP contribution >= 0.6 is 0 Å². The summed E-state index contributed by atoms with van der Waals surface area (Å²) in [5.74, 6) is -0.707. The first-order valence-corrected chi connectivity index (χ1v) is 12.1. The molecule has 0 aromatic carbocycles. The molecule has 116 valence electrons. The van der Waals surface area contributed by atoms with Gasteiger partial charge in [0.2, 0.25) is 0 Å². The van der Waals surface area contributed by atoms with E-state index in [0.717, 1.165) is 6.04 Å². The highest BCUT2D eigenvalue weighted by molar-refractivity contribution is 6.77. The number of rotatable bonds is 10. The Hall–Kier alpha value is -0.896. The molecule has 7 heteroatoms. The Balaban J connectivity index is 4.70. The van der Waals surface area contributed by atoms with Crippen molar-refractivity contribution in [1.29, 1.82) is 0 Å². The Labute approximate surface area is 123 Å². The summed E-state index contributed by atoms with van der Waals surface area (Å²) in [5, 5.41) is 0. The molecule has 0 aliphatic carbocycles. The first-order chi connectivity index (χ1) is 9.19. The molecule has 0 atom stereocenters. The third-order valence-corrected chi connectivity index (χ3v) is 7.56. The van der Waals surface area contributed by atoms with Crippen LogP contribution in [-0.2, 0) is 22.8 Å². The van der Waals surface area contributed by atoms with Crippen LogP contribution < -0.4 is 0 Å². The van der Waals surface area contributed by atoms with Crippen LogP contribution in [0, 0.1) is 0 Å². The van der Waals surface area contributed by atoms with Crippen molar-refractivity contribution >= 4 is 22.8 Å². The largest absolute Gasteiger partial charge is 0.565 e. The number of carbonyl (C=O) groups excluding carboxylic acids is 1. The summed E-state index contributed by atoms with van der Waals surface area (Å²) in [4.78, 5) is 11.6. The molecule has 0 aliphatic heterocycles. The Bertz CT molecular complexity index is 345. The number of hydrogen-bond donors (Lipinski definition) is 0. The molecule has 0 aromatic rings. The molecule has 0 heterocycles. The molecule has 0 rings (SSSR count). The van der Waals surface area contributed by atoms with Crippen molar-refractivity contribution in [2.75, 3.05) is 20.8 Å². The molecule has 0 aliphatic rings. The van der Waals surface area contributed by atoms with Gasteiger partial charge in [-0.2, -0.15) is 0 Å². The van der Waals surface area contributed by atoms with Crippen LogP contribution in [0.5, 0.6) is 0 Å². The van der Waals surface area contributed by atoms with Crippen molar-refractivity contribution in [2.45, 2.75) is 31.7 Å². The van der Waals surface area contributed by atoms with Crippen LogP contribution in [0.3, 0.4) is 0 Å². The smallest absolute Gasteiger partial charge is 0.495 e. The van der Waals surface area contributed by atoms with Crippen molar-refractivity contribution in [3.8, 4) is 0 Å². The average Bonchev–Trinajstić information content (AvgIpc) is 2.39. The maximum atomic E-state index is 11.6. The summed E-state index contributed by atoms with van der Waals surface area (Å²) in [6.07, 6.45) is 1.48. The topological polar surface area (TPSA) is 54.0 Å². The zero-order valence-corrected chi connectivity index (χ0v) is 15.2. The Morgan fingerprint density at radius 2 is 1.70 bits per heavy atom. The fourth-order valence-electron chi connectivity index (χ4n) is 1.39. The quantitative estimate of drug-likeness (QED) is 0.204. The van der Waals surface area contributed by atoms with E-state index in [1.54, 1.807) is 0 Å². The summed E-state index contributed by atoms with van der Waals surface area (Å²) in [5.41, 5.74) is 0. The summed E-state index contributed by atoms with van der Waals surface area (Å²) in [6.45, 7) is 13.9. The highest BCUT2D eigenvalue weighted by Gasteiger charge is 2.43. The minimum absolute atomic E-state index is 0.0854. The van der Waals surface area contributed by atoms with E-state index < -0.39 is 22.8 Å². The predicted octanol–water partition coefficient (Wildman–Crippen LogP) is 2.82. The van der Waals surface area contributed by atoms with Gasteiger partial charge in [-0.3, -0.25) is 0 Å². The van der Waals surface area contributed by atoms with Gasteiger partial charge in [0, 0.05) is 28.3 Å². The number of hydrogen-bond acceptors (Lipinski definition) is 5. The van der Waals surface area contributed by atoms with Crippen LogP contribution in [0.4, 0.5) is 0 Å². The van der Waals surface area contributed by atoms with Gasteiger partial charge in [0.1, 0.15) is 6.61 Å². The zero-order valence-electron chi connectivity index (χ0n) is 13.2. The second-order valence-electron chi connectivity index (χ2n) is 5.56. The molecule has 0 N–H and O–H groups in total. The van der Waals surface area contributed by atoms with Gasteiger partial charge in [0.25, 0.3) is 0 Å². The van der Waals surface area contributed by atoms with Gasteiger partial charge in [-0.25, -0.2) is 4.79 Å². The minimum Gasteiger partial charge on any atom is -0.495 e. The molecule has 0 saturated heterocycles. The minimum atomic E-state index is -2.91. The third-order valence-electron chi connectivity index (χ3n) is 2.64. The molecule has 0 radical (unpaired) electrons. The van der Waals surface area contributed by atoms with Crippen molar-refractivity contribution in [1.82, 2.24) is 0 Å². The predicted molar refractivity (Wildman–Crippen MR) is 84.1 cm³/mol. The summed E-state index contributed by atoms with van der Waals surface area (Å²) >= 11 is 0. The lowest BCUT2D eigenvalue weighted by atomic mass is 10.6. The number of ether oxygens (including phenoxy) is 1. The van der Waals surface area contributed by atoms with E-state index in [1.165, 1.54) is 20.3 Å². The summed E-state index contributed by atoms with van der Waals surface area (Å²) in [7, 11) is -1.11. The fourth-order valence-corrected chi connectivity index (χ4v) is 6.92. The normalized spacial score (nSPS) is 11.8. The molecule has 0 aromatic heterocycles. The second-order valence-corrected chi connectivity index (χ2v) is 14.1. The van der Waals surface area contributed by atoms with Crippen LogP contribution in [-0.4, -0.2) is 43.7 Å². The van der Waals surface area contributed by atoms with Gasteiger partial charge in [0.05, 0.1) is 0 Å². The average molecular weight is 319 g/mol. The lowest BCUT2D eigenvalue weighted by Gasteiger charge is -2.29. The highest BCUT2D eigenvalue weighted by atomic mass is 28.4. The number of esters is 1. The lowest BCUT2D eigenvalue weighted by Crippen LogP contribution is -2.45. The van der Waals surface area contributed by atoms with E-state index in [9.17, 15) is 4.79 Å². The van der Waals surface area contributed by atoms with Crippen molar-refractivity contribution in [3.05, 3.63) is 25.0 Å². The molecule has 20 heavy (non-hydrogen) atoms. The van der Waals surface area contributed by atoms with Gasteiger partial charge < -0.3 is 18.0 Å². The molecule has 0 spiro atoms. The molecule has 0 amide bonds. The van der Waals surface area contributed by atoms with E-state index in [4.69, 9.17) is 18.0 Å². The van der Waals surface area contributed by atoms with E-state index in [2.05, 4.69) is 32.8 Å². The van der Waals surface area contributed by atoms with E-state index in [0.29, 0.717) is 6.04 Å². The maximum Gasteiger partial charge on any atom is 0.565 e. The first kappa shape index (κ1) is 19.1. The van der Waals surface area contributed by atoms with Gasteiger partial charge in [-0.1, -0.05) is 44.9 Å². The van der Waals surface area contributed by atoms with Crippen molar-refractivity contribution in [2.24, 2.45) is 0 Å². The molecule has 0 saturated carbocycles. The van der Waals surface area contributed by atoms with Crippen LogP contribution in [0.25, 0.3) is 0 Å². The third kappa shape index (κ3) is 7.04. The lowest BCUT2D eigenvalue weighted by molar-refractivity contribution is -0.141. The van der Waals surface area contributed by atoms with Gasteiger partial charge >= 0.3 is 14.8 Å². The molecule has 0 unspecified atom stereocenters. The Kier molecular flexibility index (Phi) is 8.03. The zero-order chi connectivity index (χ0) is 15.8. The molecule has 0 bridgehead atoms. The number of carbonyl (C=O) groups is 1. The summed E-state index contributed by atoms with van der Waals surface area (Å²) in [6, 6.07) is 1.64. The SMILES string of the molecule is C=CCOC(=O)C(=C)O[Si](CC[Si](C)(C)C)(OC)OC. The second kappa shape index (κ2) is 8.40. The first-order valence-electron chi connectivity index (χ1n) is 6.46. The molecular weight excluding hydrogens is 292 g/mol. The monoisotopic (exact) mass is 318 g/mol. The van der Waals surface area contributed by atoms with Crippen molar-refractivity contribution < 1.29 is 22.8 Å². The van der Waals surface area contributed by atoms with E-state index in [1.807, 2.05) is 0 Å². The van der Waals surface area contributed by atoms with Gasteiger partial charge in [0.15, 0.2) is 5.76 Å². The standard InChI is InChI=1S/C13H26O5Si2/c1-8-9-17-13(14)12(2)18-20(15-3,16-4)11-10-19(5,6)7/h8H,1-2,9-11H2,3-7H3. The highest BCUT2D eigenvalue weighted by Crippen LogP contribution is 2.24. The summed E-state index contributed by atoms with van der Waals surface area (Å²) < 4.78 is 21.3.